The molecular formula is C11H10FNO4. The van der Waals surface area contributed by atoms with Crippen LogP contribution in [0.15, 0.2) is 18.3 Å². The minimum absolute atomic E-state index is 0.203. The third kappa shape index (κ3) is 3.37. The van der Waals surface area contributed by atoms with Crippen LogP contribution in [0.1, 0.15) is 23.0 Å². The zero-order valence-corrected chi connectivity index (χ0v) is 9.01. The van der Waals surface area contributed by atoms with Gasteiger partial charge in [-0.3, -0.25) is 4.98 Å². The van der Waals surface area contributed by atoms with Crippen LogP contribution in [0.3, 0.4) is 0 Å². The van der Waals surface area contributed by atoms with Crippen molar-refractivity contribution < 1.29 is 23.8 Å². The van der Waals surface area contributed by atoms with Crippen molar-refractivity contribution >= 4 is 18.0 Å². The van der Waals surface area contributed by atoms with Crippen LogP contribution in [0, 0.1) is 5.82 Å². The fourth-order valence-corrected chi connectivity index (χ4v) is 1.08. The van der Waals surface area contributed by atoms with E-state index >= 15 is 0 Å². The highest BCUT2D eigenvalue weighted by molar-refractivity contribution is 5.90. The normalized spacial score (nSPS) is 10.5. The number of pyridine rings is 1. The summed E-state index contributed by atoms with van der Waals surface area (Å²) in [5, 5.41) is 8.67. The molecule has 1 N–H and O–H groups in total. The second-order valence-electron chi connectivity index (χ2n) is 2.95. The van der Waals surface area contributed by atoms with Crippen LogP contribution in [0.5, 0.6) is 0 Å². The zero-order valence-electron chi connectivity index (χ0n) is 9.01. The highest BCUT2D eigenvalue weighted by atomic mass is 19.1. The molecule has 0 spiro atoms. The first kappa shape index (κ1) is 12.8. The molecule has 0 bridgehead atoms. The Bertz CT molecular complexity index is 471. The van der Waals surface area contributed by atoms with E-state index in [4.69, 9.17) is 5.11 Å². The third-order valence-corrected chi connectivity index (χ3v) is 1.81. The molecule has 0 saturated heterocycles. The molecule has 5 nitrogen and oxygen atoms in total. The quantitative estimate of drug-likeness (QED) is 0.636. The van der Waals surface area contributed by atoms with Gasteiger partial charge in [-0.25, -0.2) is 14.0 Å². The Kier molecular flexibility index (Phi) is 4.33. The second-order valence-corrected chi connectivity index (χ2v) is 2.95. The Morgan fingerprint density at radius 3 is 2.88 bits per heavy atom. The average molecular weight is 239 g/mol. The lowest BCUT2D eigenvalue weighted by Gasteiger charge is -2.00. The largest absolute Gasteiger partial charge is 0.478 e. The molecule has 1 aromatic heterocycles. The Morgan fingerprint density at radius 1 is 1.59 bits per heavy atom. The number of carboxylic acid groups (broad SMARTS) is 1. The van der Waals surface area contributed by atoms with Crippen molar-refractivity contribution in [3.8, 4) is 0 Å². The fraction of sp³-hybridized carbons (Fsp3) is 0.182. The van der Waals surface area contributed by atoms with Gasteiger partial charge in [-0.2, -0.15) is 0 Å². The highest BCUT2D eigenvalue weighted by Gasteiger charge is 2.13. The number of esters is 1. The van der Waals surface area contributed by atoms with Crippen LogP contribution in [0.25, 0.3) is 6.08 Å². The maximum atomic E-state index is 13.5. The molecule has 0 atom stereocenters. The summed E-state index contributed by atoms with van der Waals surface area (Å²) in [6.45, 7) is 1.84. The van der Waals surface area contributed by atoms with Crippen molar-refractivity contribution in [3.05, 3.63) is 35.4 Å². The van der Waals surface area contributed by atoms with Gasteiger partial charge in [0, 0.05) is 12.3 Å². The Labute approximate surface area is 96.5 Å². The SMILES string of the molecule is CCOC(=O)C=Cc1nccc(C(=O)O)c1F. The molecule has 0 fully saturated rings. The molecule has 90 valence electrons. The molecular weight excluding hydrogens is 229 g/mol. The van der Waals surface area contributed by atoms with Crippen LogP contribution >= 0.6 is 0 Å². The van der Waals surface area contributed by atoms with E-state index in [0.717, 1.165) is 24.4 Å². The maximum Gasteiger partial charge on any atom is 0.338 e. The van der Waals surface area contributed by atoms with E-state index in [1.54, 1.807) is 6.92 Å². The van der Waals surface area contributed by atoms with Crippen molar-refractivity contribution in [2.24, 2.45) is 0 Å². The van der Waals surface area contributed by atoms with Gasteiger partial charge in [0.1, 0.15) is 0 Å². The van der Waals surface area contributed by atoms with Crippen molar-refractivity contribution in [3.63, 3.8) is 0 Å². The average Bonchev–Trinajstić information content (AvgIpc) is 2.27. The van der Waals surface area contributed by atoms with E-state index < -0.39 is 23.3 Å². The number of carboxylic acids is 1. The Hall–Kier alpha value is -2.24. The van der Waals surface area contributed by atoms with Crippen molar-refractivity contribution in [1.82, 2.24) is 4.98 Å². The van der Waals surface area contributed by atoms with Gasteiger partial charge in [-0.15, -0.1) is 0 Å². The van der Waals surface area contributed by atoms with Gasteiger partial charge in [0.2, 0.25) is 0 Å². The Balaban J connectivity index is 2.96. The summed E-state index contributed by atoms with van der Waals surface area (Å²) in [6.07, 6.45) is 3.21. The molecule has 1 aromatic rings. The predicted molar refractivity (Wildman–Crippen MR) is 56.8 cm³/mol. The number of hydrogen-bond donors (Lipinski definition) is 1. The summed E-state index contributed by atoms with van der Waals surface area (Å²) < 4.78 is 18.1. The van der Waals surface area contributed by atoms with E-state index in [1.165, 1.54) is 0 Å². The zero-order chi connectivity index (χ0) is 12.8. The van der Waals surface area contributed by atoms with Gasteiger partial charge in [-0.05, 0) is 19.1 Å². The first-order valence-corrected chi connectivity index (χ1v) is 4.79. The first-order chi connectivity index (χ1) is 8.06. The fourth-order valence-electron chi connectivity index (χ4n) is 1.08. The van der Waals surface area contributed by atoms with E-state index in [1.807, 2.05) is 0 Å². The van der Waals surface area contributed by atoms with Crippen LogP contribution in [0.2, 0.25) is 0 Å². The first-order valence-electron chi connectivity index (χ1n) is 4.79. The number of nitrogens with zero attached hydrogens (tertiary/aromatic N) is 1. The number of carbonyl (C=O) groups excluding carboxylic acids is 1. The summed E-state index contributed by atoms with van der Waals surface area (Å²) in [6, 6.07) is 1.04. The van der Waals surface area contributed by atoms with Crippen molar-refractivity contribution in [2.75, 3.05) is 6.61 Å². The minimum atomic E-state index is -1.39. The lowest BCUT2D eigenvalue weighted by atomic mass is 10.2. The standard InChI is InChI=1S/C11H10FNO4/c1-2-17-9(14)4-3-8-10(12)7(11(15)16)5-6-13-8/h3-6H,2H2,1H3,(H,15,16). The maximum absolute atomic E-state index is 13.5. The number of halogens is 1. The predicted octanol–water partition coefficient (Wildman–Crippen LogP) is 1.50. The molecule has 0 saturated carbocycles. The molecule has 1 heterocycles. The summed E-state index contributed by atoms with van der Waals surface area (Å²) >= 11 is 0. The van der Waals surface area contributed by atoms with Crippen LogP contribution in [0.4, 0.5) is 4.39 Å². The number of rotatable bonds is 4. The molecule has 0 unspecified atom stereocenters. The Morgan fingerprint density at radius 2 is 2.29 bits per heavy atom. The summed E-state index contributed by atoms with van der Waals surface area (Å²) in [5.74, 6) is -3.02. The van der Waals surface area contributed by atoms with E-state index in [2.05, 4.69) is 9.72 Å². The molecule has 1 rings (SSSR count). The number of ether oxygens (including phenoxy) is 1. The second kappa shape index (κ2) is 5.74. The molecule has 17 heavy (non-hydrogen) atoms. The number of carbonyl (C=O) groups is 2. The smallest absolute Gasteiger partial charge is 0.338 e. The van der Waals surface area contributed by atoms with Gasteiger partial charge in [0.15, 0.2) is 5.82 Å². The molecule has 0 aromatic carbocycles. The lowest BCUT2D eigenvalue weighted by Crippen LogP contribution is -2.04. The van der Waals surface area contributed by atoms with Gasteiger partial charge in [-0.1, -0.05) is 0 Å². The highest BCUT2D eigenvalue weighted by Crippen LogP contribution is 2.11. The summed E-state index contributed by atoms with van der Waals surface area (Å²) in [5.41, 5.74) is -0.721. The summed E-state index contributed by atoms with van der Waals surface area (Å²) in [4.78, 5) is 25.2. The molecule has 0 amide bonds. The number of hydrogen-bond acceptors (Lipinski definition) is 4. The van der Waals surface area contributed by atoms with Crippen molar-refractivity contribution in [1.29, 1.82) is 0 Å². The van der Waals surface area contributed by atoms with Crippen LogP contribution in [-0.2, 0) is 9.53 Å². The molecule has 6 heteroatoms. The molecule has 0 aliphatic heterocycles. The molecule has 0 aliphatic rings. The molecule has 0 radical (unpaired) electrons. The topological polar surface area (TPSA) is 76.5 Å². The van der Waals surface area contributed by atoms with Crippen LogP contribution < -0.4 is 0 Å². The van der Waals surface area contributed by atoms with Gasteiger partial charge < -0.3 is 9.84 Å². The monoisotopic (exact) mass is 239 g/mol. The van der Waals surface area contributed by atoms with Gasteiger partial charge >= 0.3 is 11.9 Å². The lowest BCUT2D eigenvalue weighted by molar-refractivity contribution is -0.137. The minimum Gasteiger partial charge on any atom is -0.478 e. The van der Waals surface area contributed by atoms with E-state index in [9.17, 15) is 14.0 Å². The van der Waals surface area contributed by atoms with Gasteiger partial charge in [0.25, 0.3) is 0 Å². The summed E-state index contributed by atoms with van der Waals surface area (Å²) in [7, 11) is 0. The molecule has 0 aliphatic carbocycles. The number of aromatic carboxylic acids is 1. The van der Waals surface area contributed by atoms with E-state index in [-0.39, 0.29) is 12.3 Å². The third-order valence-electron chi connectivity index (χ3n) is 1.81. The van der Waals surface area contributed by atoms with Crippen molar-refractivity contribution in [2.45, 2.75) is 6.92 Å². The van der Waals surface area contributed by atoms with E-state index in [0.29, 0.717) is 0 Å². The van der Waals surface area contributed by atoms with Gasteiger partial charge in [0.05, 0.1) is 17.9 Å². The number of aromatic nitrogens is 1. The van der Waals surface area contributed by atoms with Crippen LogP contribution in [-0.4, -0.2) is 28.6 Å².